The zero-order valence-corrected chi connectivity index (χ0v) is 11.1. The molecule has 7 nitrogen and oxygen atoms in total. The smallest absolute Gasteiger partial charge is 0.328 e. The molecule has 4 N–H and O–H groups in total. The highest BCUT2D eigenvalue weighted by atomic mass is 16.4. The third kappa shape index (κ3) is 4.07. The number of carboxylic acid groups (broad SMARTS) is 1. The summed E-state index contributed by atoms with van der Waals surface area (Å²) in [5, 5.41) is 28.1. The Kier molecular flexibility index (Phi) is 4.55. The van der Waals surface area contributed by atoms with Gasteiger partial charge < -0.3 is 20.3 Å². The Morgan fingerprint density at radius 2 is 2.24 bits per heavy atom. The third-order valence-corrected chi connectivity index (χ3v) is 2.91. The maximum atomic E-state index is 11.2. The van der Waals surface area contributed by atoms with Crippen LogP contribution in [0.5, 0.6) is 11.5 Å². The van der Waals surface area contributed by atoms with Gasteiger partial charge in [0.05, 0.1) is 6.33 Å². The van der Waals surface area contributed by atoms with E-state index < -0.39 is 12.0 Å². The van der Waals surface area contributed by atoms with Gasteiger partial charge in [-0.15, -0.1) is 0 Å². The molecule has 0 bridgehead atoms. The van der Waals surface area contributed by atoms with E-state index in [0.717, 1.165) is 0 Å². The Morgan fingerprint density at radius 3 is 2.90 bits per heavy atom. The van der Waals surface area contributed by atoms with Gasteiger partial charge in [0.25, 0.3) is 0 Å². The van der Waals surface area contributed by atoms with Gasteiger partial charge in [-0.05, 0) is 18.2 Å². The molecule has 0 amide bonds. The Labute approximate surface area is 120 Å². The van der Waals surface area contributed by atoms with Crippen molar-refractivity contribution in [2.45, 2.75) is 18.9 Å². The quantitative estimate of drug-likeness (QED) is 0.469. The van der Waals surface area contributed by atoms with Gasteiger partial charge in [-0.1, -0.05) is 0 Å². The summed E-state index contributed by atoms with van der Waals surface area (Å²) in [6.45, 7) is 0. The largest absolute Gasteiger partial charge is 0.508 e. The van der Waals surface area contributed by atoms with Crippen molar-refractivity contribution < 1.29 is 20.1 Å². The maximum absolute atomic E-state index is 11.2. The molecule has 0 fully saturated rings. The minimum absolute atomic E-state index is 0.0275. The van der Waals surface area contributed by atoms with E-state index in [-0.39, 0.29) is 24.3 Å². The summed E-state index contributed by atoms with van der Waals surface area (Å²) in [5.74, 6) is -0.982. The average molecular weight is 289 g/mol. The molecular weight excluding hydrogens is 274 g/mol. The van der Waals surface area contributed by atoms with E-state index in [1.165, 1.54) is 30.7 Å². The molecular formula is C14H15N3O4. The number of carboxylic acids is 1. The van der Waals surface area contributed by atoms with E-state index in [0.29, 0.717) is 11.3 Å². The zero-order valence-electron chi connectivity index (χ0n) is 11.1. The van der Waals surface area contributed by atoms with Gasteiger partial charge in [0.1, 0.15) is 11.5 Å². The van der Waals surface area contributed by atoms with Gasteiger partial charge in [0.2, 0.25) is 0 Å². The lowest BCUT2D eigenvalue weighted by atomic mass is 10.1. The predicted octanol–water partition coefficient (Wildman–Crippen LogP) is 1.13. The molecule has 2 aromatic rings. The molecule has 2 rings (SSSR count). The van der Waals surface area contributed by atoms with Crippen molar-refractivity contribution in [3.63, 3.8) is 0 Å². The van der Waals surface area contributed by atoms with Crippen molar-refractivity contribution >= 4 is 12.2 Å². The van der Waals surface area contributed by atoms with Crippen LogP contribution >= 0.6 is 0 Å². The molecule has 0 spiro atoms. The molecule has 21 heavy (non-hydrogen) atoms. The molecule has 0 aliphatic carbocycles. The first-order valence-electron chi connectivity index (χ1n) is 6.29. The first-order valence-corrected chi connectivity index (χ1v) is 6.29. The summed E-state index contributed by atoms with van der Waals surface area (Å²) in [6, 6.07) is 3.22. The minimum atomic E-state index is -1.04. The Morgan fingerprint density at radius 1 is 1.43 bits per heavy atom. The molecule has 0 aliphatic rings. The zero-order chi connectivity index (χ0) is 15.2. The number of phenolic OH excluding ortho intramolecular Hbond substituents is 2. The Balaban J connectivity index is 2.03. The number of rotatable bonds is 6. The summed E-state index contributed by atoms with van der Waals surface area (Å²) in [7, 11) is 0. The number of nitrogens with one attached hydrogen (secondary N) is 1. The molecule has 1 atom stereocenters. The monoisotopic (exact) mass is 289 g/mol. The molecule has 0 radical (unpaired) electrons. The molecule has 0 aliphatic heterocycles. The second kappa shape index (κ2) is 6.56. The predicted molar refractivity (Wildman–Crippen MR) is 75.7 cm³/mol. The minimum Gasteiger partial charge on any atom is -0.508 e. The number of H-pyrrole nitrogens is 1. The first-order chi connectivity index (χ1) is 10.1. The lowest BCUT2D eigenvalue weighted by molar-refractivity contribution is -0.138. The number of aromatic hydroxyl groups is 2. The fourth-order valence-corrected chi connectivity index (χ4v) is 1.82. The third-order valence-electron chi connectivity index (χ3n) is 2.91. The second-order valence-electron chi connectivity index (χ2n) is 4.48. The molecule has 0 unspecified atom stereocenters. The van der Waals surface area contributed by atoms with E-state index in [4.69, 9.17) is 5.11 Å². The lowest BCUT2D eigenvalue weighted by Crippen LogP contribution is -2.21. The van der Waals surface area contributed by atoms with Crippen LogP contribution in [0, 0.1) is 0 Å². The first kappa shape index (κ1) is 14.6. The van der Waals surface area contributed by atoms with Crippen molar-refractivity contribution in [1.29, 1.82) is 0 Å². The van der Waals surface area contributed by atoms with E-state index in [9.17, 15) is 15.0 Å². The SMILES string of the molecule is O=C(O)[C@H](Cc1cnc[nH]1)N=CCc1cc(O)ccc1O. The number of benzene rings is 1. The van der Waals surface area contributed by atoms with Crippen LogP contribution in [0.3, 0.4) is 0 Å². The number of hydrogen-bond acceptors (Lipinski definition) is 5. The molecule has 7 heteroatoms. The molecule has 0 saturated heterocycles. The van der Waals surface area contributed by atoms with Crippen LogP contribution in [-0.2, 0) is 17.6 Å². The summed E-state index contributed by atoms with van der Waals surface area (Å²) < 4.78 is 0. The van der Waals surface area contributed by atoms with E-state index >= 15 is 0 Å². The number of aliphatic imine (C=N–C) groups is 1. The number of hydrogen-bond donors (Lipinski definition) is 4. The maximum Gasteiger partial charge on any atom is 0.328 e. The standard InChI is InChI=1S/C14H15N3O4/c18-11-1-2-13(19)9(5-11)3-4-16-12(14(20)21)6-10-7-15-8-17-10/h1-2,4-5,7-8,12,18-19H,3,6H2,(H,15,17)(H,20,21)/t12-/m0/s1. The number of carbonyl (C=O) groups is 1. The number of nitrogens with zero attached hydrogens (tertiary/aromatic N) is 2. The lowest BCUT2D eigenvalue weighted by Gasteiger charge is -2.06. The van der Waals surface area contributed by atoms with Crippen LogP contribution in [0.4, 0.5) is 0 Å². The van der Waals surface area contributed by atoms with E-state index in [1.54, 1.807) is 6.20 Å². The highest BCUT2D eigenvalue weighted by molar-refractivity contribution is 5.77. The second-order valence-corrected chi connectivity index (χ2v) is 4.48. The van der Waals surface area contributed by atoms with Gasteiger partial charge in [0, 0.05) is 36.5 Å². The number of aromatic amines is 1. The van der Waals surface area contributed by atoms with E-state index in [2.05, 4.69) is 15.0 Å². The molecule has 1 heterocycles. The van der Waals surface area contributed by atoms with Crippen LogP contribution in [0.2, 0.25) is 0 Å². The highest BCUT2D eigenvalue weighted by Crippen LogP contribution is 2.21. The molecule has 1 aromatic carbocycles. The summed E-state index contributed by atoms with van der Waals surface area (Å²) in [5.41, 5.74) is 1.16. The summed E-state index contributed by atoms with van der Waals surface area (Å²) >= 11 is 0. The van der Waals surface area contributed by atoms with Crippen LogP contribution < -0.4 is 0 Å². The fraction of sp³-hybridized carbons (Fsp3) is 0.214. The van der Waals surface area contributed by atoms with Crippen LogP contribution in [-0.4, -0.2) is 43.5 Å². The van der Waals surface area contributed by atoms with Crippen molar-refractivity contribution in [3.8, 4) is 11.5 Å². The van der Waals surface area contributed by atoms with Gasteiger partial charge >= 0.3 is 5.97 Å². The fourth-order valence-electron chi connectivity index (χ4n) is 1.82. The van der Waals surface area contributed by atoms with Gasteiger partial charge in [0.15, 0.2) is 6.04 Å². The van der Waals surface area contributed by atoms with Gasteiger partial charge in [-0.25, -0.2) is 9.78 Å². The van der Waals surface area contributed by atoms with Crippen molar-refractivity contribution in [2.75, 3.05) is 0 Å². The normalized spacial score (nSPS) is 12.6. The van der Waals surface area contributed by atoms with Crippen LogP contribution in [0.25, 0.3) is 0 Å². The Bertz CT molecular complexity index is 638. The van der Waals surface area contributed by atoms with Crippen molar-refractivity contribution in [3.05, 3.63) is 42.0 Å². The van der Waals surface area contributed by atoms with Crippen LogP contribution in [0.1, 0.15) is 11.3 Å². The number of phenols is 2. The average Bonchev–Trinajstić information content (AvgIpc) is 2.94. The molecule has 1 aromatic heterocycles. The highest BCUT2D eigenvalue weighted by Gasteiger charge is 2.16. The number of aromatic nitrogens is 2. The van der Waals surface area contributed by atoms with Gasteiger partial charge in [-0.2, -0.15) is 0 Å². The summed E-state index contributed by atoms with van der Waals surface area (Å²) in [6.07, 6.45) is 4.88. The summed E-state index contributed by atoms with van der Waals surface area (Å²) in [4.78, 5) is 21.8. The van der Waals surface area contributed by atoms with Crippen LogP contribution in [0.15, 0.2) is 35.7 Å². The Hall–Kier alpha value is -2.83. The number of aliphatic carboxylic acids is 1. The van der Waals surface area contributed by atoms with Gasteiger partial charge in [-0.3, -0.25) is 4.99 Å². The number of imidazole rings is 1. The molecule has 110 valence electrons. The van der Waals surface area contributed by atoms with Crippen molar-refractivity contribution in [1.82, 2.24) is 9.97 Å². The topological polar surface area (TPSA) is 119 Å². The van der Waals surface area contributed by atoms with E-state index in [1.807, 2.05) is 0 Å². The molecule has 0 saturated carbocycles. The van der Waals surface area contributed by atoms with Crippen molar-refractivity contribution in [2.24, 2.45) is 4.99 Å².